The first-order valence-corrected chi connectivity index (χ1v) is 4.36. The summed E-state index contributed by atoms with van der Waals surface area (Å²) < 4.78 is 12.8. The number of aryl methyl sites for hydroxylation is 1. The number of halogens is 1. The molecule has 72 valence electrons. The molecule has 0 aliphatic heterocycles. The van der Waals surface area contributed by atoms with E-state index >= 15 is 0 Å². The fourth-order valence-electron chi connectivity index (χ4n) is 1.29. The number of hydrogen-bond acceptors (Lipinski definition) is 3. The number of rotatable bonds is 1. The molecule has 0 spiro atoms. The Kier molecular flexibility index (Phi) is 2.04. The van der Waals surface area contributed by atoms with Crippen molar-refractivity contribution in [2.24, 2.45) is 0 Å². The van der Waals surface area contributed by atoms with Crippen molar-refractivity contribution in [3.63, 3.8) is 0 Å². The van der Waals surface area contributed by atoms with Crippen LogP contribution in [0.5, 0.6) is 5.88 Å². The monoisotopic (exact) mass is 192 g/mol. The minimum Gasteiger partial charge on any atom is -0.492 e. The minimum atomic E-state index is -0.379. The Bertz CT molecular complexity index is 485. The van der Waals surface area contributed by atoms with Crippen LogP contribution in [-0.4, -0.2) is 15.1 Å². The zero-order valence-electron chi connectivity index (χ0n) is 7.66. The maximum absolute atomic E-state index is 12.8. The molecule has 0 unspecified atom stereocenters. The second kappa shape index (κ2) is 3.21. The summed E-state index contributed by atoms with van der Waals surface area (Å²) in [5.41, 5.74) is 1.50. The third-order valence-electron chi connectivity index (χ3n) is 2.01. The predicted molar refractivity (Wildman–Crippen MR) is 50.5 cm³/mol. The van der Waals surface area contributed by atoms with Gasteiger partial charge in [-0.3, -0.25) is 0 Å². The van der Waals surface area contributed by atoms with Crippen molar-refractivity contribution in [2.75, 3.05) is 0 Å². The van der Waals surface area contributed by atoms with Gasteiger partial charge in [-0.1, -0.05) is 6.92 Å². The van der Waals surface area contributed by atoms with E-state index in [0.29, 0.717) is 23.1 Å². The number of fused-ring (bicyclic) bond motifs is 1. The first-order chi connectivity index (χ1) is 6.70. The van der Waals surface area contributed by atoms with Crippen LogP contribution in [0.25, 0.3) is 11.0 Å². The molecule has 0 aliphatic rings. The predicted octanol–water partition coefficient (Wildman–Crippen LogP) is 2.04. The highest BCUT2D eigenvalue weighted by Gasteiger charge is 2.05. The van der Waals surface area contributed by atoms with Crippen molar-refractivity contribution in [3.8, 4) is 5.88 Å². The maximum atomic E-state index is 12.8. The summed E-state index contributed by atoms with van der Waals surface area (Å²) >= 11 is 0. The SMILES string of the molecule is CCc1nc2ccc(F)cc2nc1O. The normalized spacial score (nSPS) is 10.7. The Hall–Kier alpha value is -1.71. The van der Waals surface area contributed by atoms with Crippen molar-refractivity contribution in [1.82, 2.24) is 9.97 Å². The molecule has 0 bridgehead atoms. The molecule has 4 heteroatoms. The molecule has 0 amide bonds. The van der Waals surface area contributed by atoms with Crippen LogP contribution in [0.3, 0.4) is 0 Å². The van der Waals surface area contributed by atoms with E-state index in [1.54, 1.807) is 6.07 Å². The molecule has 14 heavy (non-hydrogen) atoms. The maximum Gasteiger partial charge on any atom is 0.233 e. The van der Waals surface area contributed by atoms with Gasteiger partial charge in [-0.05, 0) is 18.6 Å². The lowest BCUT2D eigenvalue weighted by Crippen LogP contribution is -1.93. The molecule has 2 aromatic rings. The summed E-state index contributed by atoms with van der Waals surface area (Å²) in [5, 5.41) is 9.40. The van der Waals surface area contributed by atoms with Gasteiger partial charge in [0.1, 0.15) is 11.5 Å². The zero-order chi connectivity index (χ0) is 10.1. The molecule has 0 radical (unpaired) electrons. The Morgan fingerprint density at radius 2 is 2.07 bits per heavy atom. The van der Waals surface area contributed by atoms with Gasteiger partial charge in [0.05, 0.1) is 11.0 Å². The van der Waals surface area contributed by atoms with Crippen molar-refractivity contribution < 1.29 is 9.50 Å². The topological polar surface area (TPSA) is 46.0 Å². The van der Waals surface area contributed by atoms with E-state index in [4.69, 9.17) is 0 Å². The number of benzene rings is 1. The second-order valence-corrected chi connectivity index (χ2v) is 2.98. The van der Waals surface area contributed by atoms with Crippen LogP contribution < -0.4 is 0 Å². The van der Waals surface area contributed by atoms with Gasteiger partial charge in [0, 0.05) is 6.07 Å². The summed E-state index contributed by atoms with van der Waals surface area (Å²) in [6.45, 7) is 1.87. The van der Waals surface area contributed by atoms with Crippen molar-refractivity contribution >= 4 is 11.0 Å². The average Bonchev–Trinajstić information content (AvgIpc) is 2.16. The van der Waals surface area contributed by atoms with Gasteiger partial charge >= 0.3 is 0 Å². The Morgan fingerprint density at radius 3 is 2.79 bits per heavy atom. The van der Waals surface area contributed by atoms with Crippen LogP contribution >= 0.6 is 0 Å². The van der Waals surface area contributed by atoms with Gasteiger partial charge in [-0.15, -0.1) is 0 Å². The smallest absolute Gasteiger partial charge is 0.233 e. The number of aromatic nitrogens is 2. The van der Waals surface area contributed by atoms with E-state index in [1.165, 1.54) is 12.1 Å². The summed E-state index contributed by atoms with van der Waals surface area (Å²) in [4.78, 5) is 8.02. The highest BCUT2D eigenvalue weighted by molar-refractivity contribution is 5.74. The fraction of sp³-hybridized carbons (Fsp3) is 0.200. The standard InChI is InChI=1S/C10H9FN2O/c1-2-7-10(14)13-9-5-6(11)3-4-8(9)12-7/h3-5H,2H2,1H3,(H,13,14). The van der Waals surface area contributed by atoms with Crippen LogP contribution in [0.2, 0.25) is 0 Å². The van der Waals surface area contributed by atoms with Gasteiger partial charge in [0.2, 0.25) is 5.88 Å². The third-order valence-corrected chi connectivity index (χ3v) is 2.01. The lowest BCUT2D eigenvalue weighted by atomic mass is 10.2. The lowest BCUT2D eigenvalue weighted by molar-refractivity contribution is 0.445. The van der Waals surface area contributed by atoms with Crippen molar-refractivity contribution in [3.05, 3.63) is 29.7 Å². The zero-order valence-corrected chi connectivity index (χ0v) is 7.66. The van der Waals surface area contributed by atoms with Gasteiger partial charge in [0.25, 0.3) is 0 Å². The molecule has 2 rings (SSSR count). The van der Waals surface area contributed by atoms with E-state index in [-0.39, 0.29) is 11.7 Å². The van der Waals surface area contributed by atoms with Crippen molar-refractivity contribution in [2.45, 2.75) is 13.3 Å². The molecular weight excluding hydrogens is 183 g/mol. The first kappa shape index (κ1) is 8.87. The fourth-order valence-corrected chi connectivity index (χ4v) is 1.29. The molecule has 0 atom stereocenters. The van der Waals surface area contributed by atoms with Gasteiger partial charge in [-0.25, -0.2) is 14.4 Å². The quantitative estimate of drug-likeness (QED) is 0.752. The summed E-state index contributed by atoms with van der Waals surface area (Å²) in [6, 6.07) is 4.13. The van der Waals surface area contributed by atoms with Crippen LogP contribution in [0.4, 0.5) is 4.39 Å². The number of hydrogen-bond donors (Lipinski definition) is 1. The molecule has 1 aromatic heterocycles. The van der Waals surface area contributed by atoms with E-state index in [1.807, 2.05) is 6.92 Å². The average molecular weight is 192 g/mol. The molecule has 1 heterocycles. The summed E-state index contributed by atoms with van der Waals surface area (Å²) in [7, 11) is 0. The molecule has 1 aromatic carbocycles. The van der Waals surface area contributed by atoms with Crippen LogP contribution in [0.15, 0.2) is 18.2 Å². The highest BCUT2D eigenvalue weighted by atomic mass is 19.1. The van der Waals surface area contributed by atoms with E-state index in [0.717, 1.165) is 0 Å². The van der Waals surface area contributed by atoms with E-state index in [2.05, 4.69) is 9.97 Å². The molecular formula is C10H9FN2O. The van der Waals surface area contributed by atoms with E-state index in [9.17, 15) is 9.50 Å². The first-order valence-electron chi connectivity index (χ1n) is 4.36. The van der Waals surface area contributed by atoms with Crippen molar-refractivity contribution in [1.29, 1.82) is 0 Å². The second-order valence-electron chi connectivity index (χ2n) is 2.98. The Morgan fingerprint density at radius 1 is 1.29 bits per heavy atom. The minimum absolute atomic E-state index is 0.120. The van der Waals surface area contributed by atoms with Gasteiger partial charge in [-0.2, -0.15) is 0 Å². The molecule has 0 fully saturated rings. The molecule has 1 N–H and O–H groups in total. The largest absolute Gasteiger partial charge is 0.492 e. The summed E-state index contributed by atoms with van der Waals surface area (Å²) in [6.07, 6.45) is 0.603. The highest BCUT2D eigenvalue weighted by Crippen LogP contribution is 2.18. The third kappa shape index (κ3) is 1.39. The molecule has 0 aliphatic carbocycles. The van der Waals surface area contributed by atoms with Crippen LogP contribution in [-0.2, 0) is 6.42 Å². The van der Waals surface area contributed by atoms with Crippen LogP contribution in [0.1, 0.15) is 12.6 Å². The molecule has 0 saturated carbocycles. The number of nitrogens with zero attached hydrogens (tertiary/aromatic N) is 2. The molecule has 0 saturated heterocycles. The lowest BCUT2D eigenvalue weighted by Gasteiger charge is -2.02. The number of aromatic hydroxyl groups is 1. The van der Waals surface area contributed by atoms with Gasteiger partial charge in [0.15, 0.2) is 0 Å². The molecule has 3 nitrogen and oxygen atoms in total. The van der Waals surface area contributed by atoms with E-state index < -0.39 is 0 Å². The summed E-state index contributed by atoms with van der Waals surface area (Å²) in [5.74, 6) is -0.499. The van der Waals surface area contributed by atoms with Crippen LogP contribution in [0, 0.1) is 5.82 Å². The van der Waals surface area contributed by atoms with Gasteiger partial charge < -0.3 is 5.11 Å². The Balaban J connectivity index is 2.73. The Labute approximate surface area is 80.2 Å².